The molecule has 0 unspecified atom stereocenters. The molecule has 8 heteroatoms. The summed E-state index contributed by atoms with van der Waals surface area (Å²) < 4.78 is 0. The normalized spacial score (nSPS) is 25.5. The first kappa shape index (κ1) is 19.2. The van der Waals surface area contributed by atoms with E-state index in [1.165, 1.54) is 0 Å². The Hall–Kier alpha value is -2.12. The van der Waals surface area contributed by atoms with Crippen LogP contribution in [-0.2, 0) is 9.59 Å². The van der Waals surface area contributed by atoms with Crippen molar-refractivity contribution in [1.29, 1.82) is 0 Å². The maximum Gasteiger partial charge on any atom is 0.325 e. The molecule has 0 aromatic heterocycles. The zero-order valence-corrected chi connectivity index (χ0v) is 15.2. The zero-order valence-electron chi connectivity index (χ0n) is 15.2. The fourth-order valence-corrected chi connectivity index (χ4v) is 3.49. The van der Waals surface area contributed by atoms with Crippen LogP contribution in [0.4, 0.5) is 9.59 Å². The third kappa shape index (κ3) is 4.29. The molecule has 25 heavy (non-hydrogen) atoms. The van der Waals surface area contributed by atoms with E-state index in [4.69, 9.17) is 0 Å². The molecule has 0 bridgehead atoms. The van der Waals surface area contributed by atoms with Crippen molar-refractivity contribution in [3.8, 4) is 0 Å². The Bertz CT molecular complexity index is 559. The Labute approximate surface area is 148 Å². The number of urea groups is 2. The molecule has 3 N–H and O–H groups in total. The van der Waals surface area contributed by atoms with Crippen LogP contribution in [0.15, 0.2) is 0 Å². The van der Waals surface area contributed by atoms with E-state index in [1.54, 1.807) is 6.92 Å². The SMILES string of the molecule is CC[C@H](C)NC(=O)NC(=O)CN1C(=O)N[C@](C)(C2CCCCC2)C1=O. The first-order chi connectivity index (χ1) is 11.8. The number of amides is 6. The standard InChI is InChI=1S/C17H28N4O4/c1-4-11(2)18-15(24)19-13(22)10-21-14(23)17(3,20-16(21)25)12-8-6-5-7-9-12/h11-12H,4-10H2,1-3H3,(H,20,25)(H2,18,19,22,24)/t11-,17+/m0/s1. The molecule has 0 aromatic rings. The van der Waals surface area contributed by atoms with Crippen molar-refractivity contribution in [2.24, 2.45) is 5.92 Å². The highest BCUT2D eigenvalue weighted by atomic mass is 16.2. The number of hydrogen-bond acceptors (Lipinski definition) is 4. The Balaban J connectivity index is 1.95. The van der Waals surface area contributed by atoms with Gasteiger partial charge in [0.1, 0.15) is 12.1 Å². The molecule has 2 atom stereocenters. The van der Waals surface area contributed by atoms with E-state index in [0.717, 1.165) is 43.4 Å². The van der Waals surface area contributed by atoms with Gasteiger partial charge in [-0.05, 0) is 39.0 Å². The molecule has 0 radical (unpaired) electrons. The number of imide groups is 2. The lowest BCUT2D eigenvalue weighted by molar-refractivity contribution is -0.136. The summed E-state index contributed by atoms with van der Waals surface area (Å²) in [5, 5.41) is 7.51. The second-order valence-corrected chi connectivity index (χ2v) is 7.19. The van der Waals surface area contributed by atoms with Gasteiger partial charge in [-0.2, -0.15) is 0 Å². The number of carbonyl (C=O) groups excluding carboxylic acids is 4. The molecule has 0 spiro atoms. The van der Waals surface area contributed by atoms with Gasteiger partial charge in [-0.3, -0.25) is 19.8 Å². The lowest BCUT2D eigenvalue weighted by atomic mass is 9.75. The third-order valence-corrected chi connectivity index (χ3v) is 5.27. The maximum atomic E-state index is 12.7. The topological polar surface area (TPSA) is 108 Å². The number of nitrogens with zero attached hydrogens (tertiary/aromatic N) is 1. The number of carbonyl (C=O) groups is 4. The average Bonchev–Trinajstić information content (AvgIpc) is 2.79. The molecule has 8 nitrogen and oxygen atoms in total. The van der Waals surface area contributed by atoms with Crippen molar-refractivity contribution in [3.05, 3.63) is 0 Å². The summed E-state index contributed by atoms with van der Waals surface area (Å²) >= 11 is 0. The van der Waals surface area contributed by atoms with Crippen molar-refractivity contribution in [1.82, 2.24) is 20.9 Å². The van der Waals surface area contributed by atoms with Gasteiger partial charge < -0.3 is 10.6 Å². The zero-order chi connectivity index (χ0) is 18.6. The van der Waals surface area contributed by atoms with Crippen molar-refractivity contribution in [2.45, 2.75) is 70.9 Å². The molecule has 140 valence electrons. The highest BCUT2D eigenvalue weighted by Gasteiger charge is 2.52. The Kier molecular flexibility index (Phi) is 6.02. The maximum absolute atomic E-state index is 12.7. The highest BCUT2D eigenvalue weighted by molar-refractivity contribution is 6.10. The van der Waals surface area contributed by atoms with Crippen LogP contribution in [0.5, 0.6) is 0 Å². The van der Waals surface area contributed by atoms with Gasteiger partial charge in [0, 0.05) is 6.04 Å². The number of rotatable bonds is 5. The van der Waals surface area contributed by atoms with E-state index < -0.39 is 30.1 Å². The van der Waals surface area contributed by atoms with E-state index in [9.17, 15) is 19.2 Å². The van der Waals surface area contributed by atoms with E-state index >= 15 is 0 Å². The monoisotopic (exact) mass is 352 g/mol. The van der Waals surface area contributed by atoms with Crippen LogP contribution in [0.25, 0.3) is 0 Å². The molecular weight excluding hydrogens is 324 g/mol. The Morgan fingerprint density at radius 1 is 1.28 bits per heavy atom. The third-order valence-electron chi connectivity index (χ3n) is 5.27. The van der Waals surface area contributed by atoms with Crippen LogP contribution in [-0.4, -0.2) is 46.9 Å². The van der Waals surface area contributed by atoms with Gasteiger partial charge in [0.2, 0.25) is 5.91 Å². The molecule has 1 saturated carbocycles. The molecule has 0 aromatic carbocycles. The fourth-order valence-electron chi connectivity index (χ4n) is 3.49. The Morgan fingerprint density at radius 3 is 2.52 bits per heavy atom. The quantitative estimate of drug-likeness (QED) is 0.652. The fraction of sp³-hybridized carbons (Fsp3) is 0.765. The smallest absolute Gasteiger partial charge is 0.325 e. The lowest BCUT2D eigenvalue weighted by Crippen LogP contribution is -2.52. The van der Waals surface area contributed by atoms with E-state index in [2.05, 4.69) is 16.0 Å². The van der Waals surface area contributed by atoms with Crippen molar-refractivity contribution in [3.63, 3.8) is 0 Å². The summed E-state index contributed by atoms with van der Waals surface area (Å²) in [6, 6.07) is -1.27. The number of hydrogen-bond donors (Lipinski definition) is 3. The second-order valence-electron chi connectivity index (χ2n) is 7.19. The first-order valence-electron chi connectivity index (χ1n) is 9.02. The average molecular weight is 352 g/mol. The van der Waals surface area contributed by atoms with E-state index in [0.29, 0.717) is 0 Å². The number of nitrogens with one attached hydrogen (secondary N) is 3. The molecular formula is C17H28N4O4. The summed E-state index contributed by atoms with van der Waals surface area (Å²) in [5.41, 5.74) is -0.962. The molecule has 2 aliphatic rings. The summed E-state index contributed by atoms with van der Waals surface area (Å²) in [7, 11) is 0. The van der Waals surface area contributed by atoms with Crippen LogP contribution in [0, 0.1) is 5.92 Å². The predicted molar refractivity (Wildman–Crippen MR) is 91.7 cm³/mol. The minimum Gasteiger partial charge on any atom is -0.335 e. The van der Waals surface area contributed by atoms with Gasteiger partial charge >= 0.3 is 12.1 Å². The van der Waals surface area contributed by atoms with Gasteiger partial charge in [0.15, 0.2) is 0 Å². The summed E-state index contributed by atoms with van der Waals surface area (Å²) in [5.74, 6) is -0.987. The first-order valence-corrected chi connectivity index (χ1v) is 9.02. The minimum absolute atomic E-state index is 0.0703. The van der Waals surface area contributed by atoms with Crippen molar-refractivity contribution < 1.29 is 19.2 Å². The van der Waals surface area contributed by atoms with Crippen LogP contribution in [0.3, 0.4) is 0 Å². The predicted octanol–water partition coefficient (Wildman–Crippen LogP) is 1.50. The molecule has 1 aliphatic heterocycles. The van der Waals surface area contributed by atoms with Crippen LogP contribution in [0.1, 0.15) is 59.3 Å². The van der Waals surface area contributed by atoms with Crippen molar-refractivity contribution in [2.75, 3.05) is 6.54 Å². The molecule has 6 amide bonds. The van der Waals surface area contributed by atoms with Crippen LogP contribution < -0.4 is 16.0 Å². The van der Waals surface area contributed by atoms with E-state index in [1.807, 2.05) is 13.8 Å². The molecule has 1 aliphatic carbocycles. The molecule has 1 heterocycles. The molecule has 1 saturated heterocycles. The van der Waals surface area contributed by atoms with Gasteiger partial charge in [-0.25, -0.2) is 9.59 Å². The summed E-state index contributed by atoms with van der Waals surface area (Å²) in [6.07, 6.45) is 5.74. The summed E-state index contributed by atoms with van der Waals surface area (Å²) in [4.78, 5) is 49.5. The second kappa shape index (κ2) is 7.84. The van der Waals surface area contributed by atoms with Crippen LogP contribution in [0.2, 0.25) is 0 Å². The van der Waals surface area contributed by atoms with Crippen molar-refractivity contribution >= 4 is 23.9 Å². The van der Waals surface area contributed by atoms with Gasteiger partial charge in [0.05, 0.1) is 0 Å². The van der Waals surface area contributed by atoms with Crippen LogP contribution >= 0.6 is 0 Å². The summed E-state index contributed by atoms with van der Waals surface area (Å²) in [6.45, 7) is 5.00. The Morgan fingerprint density at radius 2 is 1.92 bits per heavy atom. The largest absolute Gasteiger partial charge is 0.335 e. The lowest BCUT2D eigenvalue weighted by Gasteiger charge is -2.34. The van der Waals surface area contributed by atoms with Gasteiger partial charge in [-0.1, -0.05) is 26.2 Å². The highest BCUT2D eigenvalue weighted by Crippen LogP contribution is 2.36. The minimum atomic E-state index is -0.962. The van der Waals surface area contributed by atoms with Gasteiger partial charge in [0.25, 0.3) is 5.91 Å². The van der Waals surface area contributed by atoms with E-state index in [-0.39, 0.29) is 17.9 Å². The molecule has 2 rings (SSSR count). The molecule has 2 fully saturated rings. The van der Waals surface area contributed by atoms with Gasteiger partial charge in [-0.15, -0.1) is 0 Å².